The molecule has 0 aliphatic carbocycles. The van der Waals surface area contributed by atoms with Crippen molar-refractivity contribution in [2.45, 2.75) is 0 Å². The zero-order chi connectivity index (χ0) is 19.4. The van der Waals surface area contributed by atoms with Crippen molar-refractivity contribution in [3.8, 4) is 0 Å². The number of nitrogens with zero attached hydrogens (tertiary/aromatic N) is 2. The van der Waals surface area contributed by atoms with E-state index in [-0.39, 0.29) is 11.4 Å². The first-order chi connectivity index (χ1) is 12.9. The second kappa shape index (κ2) is 7.82. The Bertz CT molecular complexity index is 941. The largest absolute Gasteiger partial charge is 0.378 e. The molecule has 0 saturated carbocycles. The number of hydrogen-bond acceptors (Lipinski definition) is 4. The molecule has 3 aromatic rings. The Hall–Kier alpha value is -3.48. The maximum atomic E-state index is 13.6. The summed E-state index contributed by atoms with van der Waals surface area (Å²) in [6.07, 6.45) is 1.51. The number of pyridine rings is 1. The van der Waals surface area contributed by atoms with Crippen molar-refractivity contribution in [3.05, 3.63) is 78.1 Å². The van der Waals surface area contributed by atoms with E-state index in [1.807, 2.05) is 43.3 Å². The Morgan fingerprint density at radius 2 is 1.67 bits per heavy atom. The first-order valence-corrected chi connectivity index (χ1v) is 8.19. The number of halogens is 2. The predicted octanol–water partition coefficient (Wildman–Crippen LogP) is 4.42. The maximum Gasteiger partial charge on any atom is 0.274 e. The first kappa shape index (κ1) is 18.3. The molecule has 1 heterocycles. The highest BCUT2D eigenvalue weighted by Gasteiger charge is 2.11. The fraction of sp³-hybridized carbons (Fsp3) is 0.100. The van der Waals surface area contributed by atoms with E-state index in [9.17, 15) is 13.6 Å². The van der Waals surface area contributed by atoms with Gasteiger partial charge in [-0.3, -0.25) is 4.79 Å². The Kier molecular flexibility index (Phi) is 5.30. The van der Waals surface area contributed by atoms with Crippen molar-refractivity contribution in [3.63, 3.8) is 0 Å². The summed E-state index contributed by atoms with van der Waals surface area (Å²) in [6.45, 7) is 0. The zero-order valence-electron chi connectivity index (χ0n) is 14.8. The normalized spacial score (nSPS) is 10.4. The van der Waals surface area contributed by atoms with Crippen LogP contribution in [0.25, 0.3) is 0 Å². The minimum Gasteiger partial charge on any atom is -0.378 e. The lowest BCUT2D eigenvalue weighted by Gasteiger charge is -2.13. The average molecular weight is 368 g/mol. The molecule has 1 aromatic heterocycles. The summed E-state index contributed by atoms with van der Waals surface area (Å²) in [5.74, 6) is -2.14. The van der Waals surface area contributed by atoms with E-state index in [1.54, 1.807) is 6.07 Å². The van der Waals surface area contributed by atoms with Crippen LogP contribution >= 0.6 is 0 Å². The summed E-state index contributed by atoms with van der Waals surface area (Å²) in [6, 6.07) is 14.0. The van der Waals surface area contributed by atoms with Gasteiger partial charge in [0, 0.05) is 31.5 Å². The molecule has 0 saturated heterocycles. The van der Waals surface area contributed by atoms with Crippen LogP contribution in [-0.4, -0.2) is 25.0 Å². The molecule has 0 spiro atoms. The number of hydrogen-bond donors (Lipinski definition) is 2. The summed E-state index contributed by atoms with van der Waals surface area (Å²) in [5, 5.41) is 5.56. The van der Waals surface area contributed by atoms with Crippen LogP contribution in [-0.2, 0) is 0 Å². The molecule has 138 valence electrons. The van der Waals surface area contributed by atoms with Gasteiger partial charge in [-0.25, -0.2) is 13.8 Å². The number of anilines is 4. The topological polar surface area (TPSA) is 57.3 Å². The molecule has 2 aromatic carbocycles. The van der Waals surface area contributed by atoms with Crippen LogP contribution in [0.1, 0.15) is 10.5 Å². The fourth-order valence-electron chi connectivity index (χ4n) is 2.39. The van der Waals surface area contributed by atoms with Crippen LogP contribution in [0.3, 0.4) is 0 Å². The molecule has 27 heavy (non-hydrogen) atoms. The van der Waals surface area contributed by atoms with Crippen molar-refractivity contribution < 1.29 is 13.6 Å². The lowest BCUT2D eigenvalue weighted by Crippen LogP contribution is -2.14. The third-order valence-corrected chi connectivity index (χ3v) is 3.85. The van der Waals surface area contributed by atoms with E-state index in [2.05, 4.69) is 15.6 Å². The number of aromatic nitrogens is 1. The van der Waals surface area contributed by atoms with Gasteiger partial charge >= 0.3 is 0 Å². The van der Waals surface area contributed by atoms with E-state index in [0.29, 0.717) is 11.8 Å². The monoisotopic (exact) mass is 368 g/mol. The van der Waals surface area contributed by atoms with E-state index in [4.69, 9.17) is 0 Å². The third-order valence-electron chi connectivity index (χ3n) is 3.85. The summed E-state index contributed by atoms with van der Waals surface area (Å²) in [7, 11) is 3.93. The van der Waals surface area contributed by atoms with Gasteiger partial charge in [-0.05, 0) is 48.5 Å². The Labute approximate surface area is 155 Å². The molecule has 7 heteroatoms. The summed E-state index contributed by atoms with van der Waals surface area (Å²) in [5.41, 5.74) is 2.68. The smallest absolute Gasteiger partial charge is 0.274 e. The van der Waals surface area contributed by atoms with Gasteiger partial charge in [-0.15, -0.1) is 0 Å². The Morgan fingerprint density at radius 1 is 0.963 bits per heavy atom. The molecule has 0 bridgehead atoms. The molecular formula is C20H18F2N4O. The minimum atomic E-state index is -0.845. The zero-order valence-corrected chi connectivity index (χ0v) is 14.8. The maximum absolute atomic E-state index is 13.6. The van der Waals surface area contributed by atoms with Crippen molar-refractivity contribution in [1.82, 2.24) is 4.98 Å². The van der Waals surface area contributed by atoms with Gasteiger partial charge in [0.2, 0.25) is 0 Å². The number of amides is 1. The number of rotatable bonds is 5. The molecule has 1 amide bonds. The second-order valence-corrected chi connectivity index (χ2v) is 6.08. The number of nitrogens with one attached hydrogen (secondary N) is 2. The minimum absolute atomic E-state index is 0.105. The van der Waals surface area contributed by atoms with Crippen LogP contribution in [0.5, 0.6) is 0 Å². The van der Waals surface area contributed by atoms with Crippen LogP contribution in [0, 0.1) is 11.6 Å². The molecule has 3 rings (SSSR count). The molecule has 0 aliphatic rings. The van der Waals surface area contributed by atoms with Gasteiger partial charge in [0.25, 0.3) is 5.91 Å². The van der Waals surface area contributed by atoms with E-state index < -0.39 is 17.5 Å². The van der Waals surface area contributed by atoms with Crippen molar-refractivity contribution in [2.24, 2.45) is 0 Å². The highest BCUT2D eigenvalue weighted by atomic mass is 19.1. The van der Waals surface area contributed by atoms with Crippen LogP contribution in [0.4, 0.5) is 31.5 Å². The van der Waals surface area contributed by atoms with Crippen LogP contribution < -0.4 is 15.5 Å². The van der Waals surface area contributed by atoms with Gasteiger partial charge in [0.05, 0.1) is 17.6 Å². The lowest BCUT2D eigenvalue weighted by atomic mass is 10.2. The SMILES string of the molecule is CN(C)c1ccc(Nc2ccc(C(=O)Nc3ccc(F)cc3F)nc2)cc1. The molecule has 5 nitrogen and oxygen atoms in total. The summed E-state index contributed by atoms with van der Waals surface area (Å²) in [4.78, 5) is 18.3. The molecule has 2 N–H and O–H groups in total. The van der Waals surface area contributed by atoms with Crippen molar-refractivity contribution in [2.75, 3.05) is 29.6 Å². The average Bonchev–Trinajstić information content (AvgIpc) is 2.65. The second-order valence-electron chi connectivity index (χ2n) is 6.08. The van der Waals surface area contributed by atoms with E-state index >= 15 is 0 Å². The van der Waals surface area contributed by atoms with Crippen molar-refractivity contribution in [1.29, 1.82) is 0 Å². The molecule has 0 aliphatic heterocycles. The molecule has 0 radical (unpaired) electrons. The van der Waals surface area contributed by atoms with Gasteiger partial charge in [-0.2, -0.15) is 0 Å². The summed E-state index contributed by atoms with van der Waals surface area (Å²) < 4.78 is 26.5. The van der Waals surface area contributed by atoms with Crippen LogP contribution in [0.15, 0.2) is 60.8 Å². The number of carbonyl (C=O) groups is 1. The lowest BCUT2D eigenvalue weighted by molar-refractivity contribution is 0.102. The number of benzene rings is 2. The number of carbonyl (C=O) groups excluding carboxylic acids is 1. The standard InChI is InChI=1S/C20H18F2N4O/c1-26(2)16-7-4-14(5-8-16)24-15-6-10-19(23-12-15)20(27)25-18-9-3-13(21)11-17(18)22/h3-12,24H,1-2H3,(H,25,27). The quantitative estimate of drug-likeness (QED) is 0.700. The molecule has 0 fully saturated rings. The van der Waals surface area contributed by atoms with E-state index in [1.165, 1.54) is 12.3 Å². The third kappa shape index (κ3) is 4.58. The van der Waals surface area contributed by atoms with Crippen molar-refractivity contribution >= 4 is 28.7 Å². The fourth-order valence-corrected chi connectivity index (χ4v) is 2.39. The van der Waals surface area contributed by atoms with Crippen LogP contribution in [0.2, 0.25) is 0 Å². The molecule has 0 unspecified atom stereocenters. The van der Waals surface area contributed by atoms with Gasteiger partial charge in [0.15, 0.2) is 0 Å². The highest BCUT2D eigenvalue weighted by molar-refractivity contribution is 6.03. The first-order valence-electron chi connectivity index (χ1n) is 8.19. The predicted molar refractivity (Wildman–Crippen MR) is 103 cm³/mol. The van der Waals surface area contributed by atoms with Gasteiger partial charge in [-0.1, -0.05) is 0 Å². The van der Waals surface area contributed by atoms with Gasteiger partial charge < -0.3 is 15.5 Å². The Balaban J connectivity index is 1.66. The Morgan fingerprint density at radius 3 is 2.26 bits per heavy atom. The summed E-state index contributed by atoms with van der Waals surface area (Å²) >= 11 is 0. The molecule has 0 atom stereocenters. The van der Waals surface area contributed by atoms with E-state index in [0.717, 1.165) is 23.5 Å². The molecular weight excluding hydrogens is 350 g/mol. The van der Waals surface area contributed by atoms with Gasteiger partial charge in [0.1, 0.15) is 17.3 Å². The highest BCUT2D eigenvalue weighted by Crippen LogP contribution is 2.20.